The number of aryl methyl sites for hydroxylation is 1. The minimum Gasteiger partial charge on any atom is -0.365 e. The normalized spacial score (nSPS) is 18.7. The highest BCUT2D eigenvalue weighted by Gasteiger charge is 2.28. The number of aromatic nitrogens is 4. The number of hydrogen-bond acceptors (Lipinski definition) is 6. The van der Waals surface area contributed by atoms with Crippen molar-refractivity contribution in [2.24, 2.45) is 0 Å². The van der Waals surface area contributed by atoms with Crippen molar-refractivity contribution in [3.63, 3.8) is 0 Å². The van der Waals surface area contributed by atoms with Gasteiger partial charge in [-0.25, -0.2) is 0 Å². The van der Waals surface area contributed by atoms with Crippen LogP contribution in [0.3, 0.4) is 0 Å². The van der Waals surface area contributed by atoms with Gasteiger partial charge in [0.1, 0.15) is 5.69 Å². The van der Waals surface area contributed by atoms with Crippen molar-refractivity contribution in [3.8, 4) is 0 Å². The van der Waals surface area contributed by atoms with Gasteiger partial charge in [0, 0.05) is 25.1 Å². The van der Waals surface area contributed by atoms with Crippen LogP contribution in [0.1, 0.15) is 30.1 Å². The van der Waals surface area contributed by atoms with Crippen molar-refractivity contribution in [3.05, 3.63) is 39.7 Å². The van der Waals surface area contributed by atoms with Gasteiger partial charge in [-0.3, -0.25) is 10.1 Å². The van der Waals surface area contributed by atoms with Crippen LogP contribution in [0.15, 0.2) is 18.2 Å². The molecule has 1 aliphatic heterocycles. The van der Waals surface area contributed by atoms with E-state index in [-0.39, 0.29) is 16.5 Å². The van der Waals surface area contributed by atoms with E-state index in [0.29, 0.717) is 18.1 Å². The molecule has 2 aromatic rings. The van der Waals surface area contributed by atoms with Crippen LogP contribution in [0.25, 0.3) is 0 Å². The van der Waals surface area contributed by atoms with Crippen LogP contribution in [0.4, 0.5) is 11.4 Å². The molecule has 1 aliphatic rings. The fourth-order valence-electron chi connectivity index (χ4n) is 2.79. The number of anilines is 1. The summed E-state index contributed by atoms with van der Waals surface area (Å²) in [5, 5.41) is 25.4. The number of nitro groups is 1. The number of nitro benzene ring substituents is 1. The van der Waals surface area contributed by atoms with E-state index in [4.69, 9.17) is 0 Å². The van der Waals surface area contributed by atoms with E-state index in [1.165, 1.54) is 0 Å². The third-order valence-electron chi connectivity index (χ3n) is 3.82. The van der Waals surface area contributed by atoms with E-state index in [0.717, 1.165) is 24.9 Å². The molecular formula is C13H16N6O2. The highest BCUT2D eigenvalue weighted by Crippen LogP contribution is 2.34. The molecule has 0 unspecified atom stereocenters. The summed E-state index contributed by atoms with van der Waals surface area (Å²) >= 11 is 0. The van der Waals surface area contributed by atoms with Gasteiger partial charge < -0.3 is 4.90 Å². The maximum absolute atomic E-state index is 11.2. The standard InChI is InChI=1S/C13H16N6O2/c1-9-4-5-11(19(20)21)12(7-9)18-6-2-3-10(8-18)13-14-16-17-15-13/h4-5,7,10H,2-3,6,8H2,1H3,(H,14,15,16,17)/t10-/m1/s1. The highest BCUT2D eigenvalue weighted by atomic mass is 16.6. The van der Waals surface area contributed by atoms with E-state index >= 15 is 0 Å². The largest absolute Gasteiger partial charge is 0.365 e. The van der Waals surface area contributed by atoms with E-state index in [1.807, 2.05) is 13.0 Å². The minimum absolute atomic E-state index is 0.148. The zero-order valence-electron chi connectivity index (χ0n) is 11.7. The number of hydrogen-bond donors (Lipinski definition) is 1. The number of benzene rings is 1. The van der Waals surface area contributed by atoms with Crippen LogP contribution >= 0.6 is 0 Å². The number of aromatic amines is 1. The third kappa shape index (κ3) is 2.69. The van der Waals surface area contributed by atoms with Gasteiger partial charge in [-0.15, -0.1) is 10.2 Å². The fourth-order valence-corrected chi connectivity index (χ4v) is 2.79. The number of piperidine rings is 1. The van der Waals surface area contributed by atoms with Gasteiger partial charge in [0.15, 0.2) is 5.82 Å². The number of rotatable bonds is 3. The molecule has 1 N–H and O–H groups in total. The van der Waals surface area contributed by atoms with E-state index in [9.17, 15) is 10.1 Å². The third-order valence-corrected chi connectivity index (χ3v) is 3.82. The summed E-state index contributed by atoms with van der Waals surface area (Å²) in [7, 11) is 0. The Morgan fingerprint density at radius 1 is 1.48 bits per heavy atom. The van der Waals surface area contributed by atoms with E-state index in [1.54, 1.807) is 12.1 Å². The summed E-state index contributed by atoms with van der Waals surface area (Å²) in [5.74, 6) is 0.827. The Labute approximate surface area is 121 Å². The summed E-state index contributed by atoms with van der Waals surface area (Å²) < 4.78 is 0. The number of H-pyrrole nitrogens is 1. The molecule has 0 bridgehead atoms. The maximum atomic E-state index is 11.2. The predicted molar refractivity (Wildman–Crippen MR) is 76.2 cm³/mol. The number of nitrogens with one attached hydrogen (secondary N) is 1. The van der Waals surface area contributed by atoms with Crippen molar-refractivity contribution < 1.29 is 4.92 Å². The van der Waals surface area contributed by atoms with Crippen LogP contribution in [0.2, 0.25) is 0 Å². The Kier molecular flexibility index (Phi) is 3.51. The van der Waals surface area contributed by atoms with Gasteiger partial charge >= 0.3 is 0 Å². The van der Waals surface area contributed by atoms with Gasteiger partial charge in [-0.05, 0) is 31.4 Å². The summed E-state index contributed by atoms with van der Waals surface area (Å²) in [4.78, 5) is 12.9. The van der Waals surface area contributed by atoms with Crippen molar-refractivity contribution in [2.45, 2.75) is 25.7 Å². The average Bonchev–Trinajstić information content (AvgIpc) is 3.01. The van der Waals surface area contributed by atoms with Crippen molar-refractivity contribution >= 4 is 11.4 Å². The molecule has 21 heavy (non-hydrogen) atoms. The van der Waals surface area contributed by atoms with Crippen molar-refractivity contribution in [2.75, 3.05) is 18.0 Å². The second-order valence-corrected chi connectivity index (χ2v) is 5.30. The molecule has 0 aliphatic carbocycles. The molecule has 1 atom stereocenters. The Hall–Kier alpha value is -2.51. The summed E-state index contributed by atoms with van der Waals surface area (Å²) in [6, 6.07) is 5.21. The van der Waals surface area contributed by atoms with Crippen molar-refractivity contribution in [1.82, 2.24) is 20.6 Å². The van der Waals surface area contributed by atoms with E-state index in [2.05, 4.69) is 25.5 Å². The number of tetrazole rings is 1. The molecule has 8 heteroatoms. The molecule has 0 amide bonds. The zero-order valence-corrected chi connectivity index (χ0v) is 11.7. The van der Waals surface area contributed by atoms with Gasteiger partial charge in [0.2, 0.25) is 0 Å². The van der Waals surface area contributed by atoms with Gasteiger partial charge in [-0.1, -0.05) is 11.3 Å². The first-order chi connectivity index (χ1) is 10.1. The molecular weight excluding hydrogens is 272 g/mol. The summed E-state index contributed by atoms with van der Waals surface area (Å²) in [5.41, 5.74) is 1.83. The Morgan fingerprint density at radius 3 is 3.05 bits per heavy atom. The lowest BCUT2D eigenvalue weighted by atomic mass is 9.96. The molecule has 1 saturated heterocycles. The van der Waals surface area contributed by atoms with Crippen molar-refractivity contribution in [1.29, 1.82) is 0 Å². The zero-order chi connectivity index (χ0) is 14.8. The van der Waals surface area contributed by atoms with Crippen LogP contribution in [-0.4, -0.2) is 38.6 Å². The molecule has 3 rings (SSSR count). The van der Waals surface area contributed by atoms with Crippen LogP contribution in [-0.2, 0) is 0 Å². The highest BCUT2D eigenvalue weighted by molar-refractivity contribution is 5.64. The minimum atomic E-state index is -0.327. The van der Waals surface area contributed by atoms with Gasteiger partial charge in [0.05, 0.1) is 4.92 Å². The van der Waals surface area contributed by atoms with Crippen LogP contribution in [0, 0.1) is 17.0 Å². The molecule has 2 heterocycles. The lowest BCUT2D eigenvalue weighted by Gasteiger charge is -2.32. The first-order valence-electron chi connectivity index (χ1n) is 6.88. The predicted octanol–water partition coefficient (Wildman–Crippen LogP) is 1.80. The SMILES string of the molecule is Cc1ccc([N+](=O)[O-])c(N2CCC[C@@H](c3nn[nH]n3)C2)c1. The first-order valence-corrected chi connectivity index (χ1v) is 6.88. The fraction of sp³-hybridized carbons (Fsp3) is 0.462. The molecule has 0 saturated carbocycles. The smallest absolute Gasteiger partial charge is 0.292 e. The lowest BCUT2D eigenvalue weighted by Crippen LogP contribution is -2.35. The molecule has 0 radical (unpaired) electrons. The quantitative estimate of drug-likeness (QED) is 0.682. The molecule has 1 aromatic carbocycles. The Balaban J connectivity index is 1.89. The van der Waals surface area contributed by atoms with E-state index < -0.39 is 0 Å². The topological polar surface area (TPSA) is 101 Å². The maximum Gasteiger partial charge on any atom is 0.292 e. The summed E-state index contributed by atoms with van der Waals surface area (Å²) in [6.45, 7) is 3.41. The summed E-state index contributed by atoms with van der Waals surface area (Å²) in [6.07, 6.45) is 1.92. The average molecular weight is 288 g/mol. The Bertz CT molecular complexity index is 642. The second kappa shape index (κ2) is 5.47. The second-order valence-electron chi connectivity index (χ2n) is 5.30. The van der Waals surface area contributed by atoms with Gasteiger partial charge in [-0.2, -0.15) is 5.21 Å². The molecule has 8 nitrogen and oxygen atoms in total. The number of nitrogens with zero attached hydrogens (tertiary/aromatic N) is 5. The Morgan fingerprint density at radius 2 is 2.33 bits per heavy atom. The van der Waals surface area contributed by atoms with Crippen LogP contribution < -0.4 is 4.90 Å². The first kappa shape index (κ1) is 13.5. The lowest BCUT2D eigenvalue weighted by molar-refractivity contribution is -0.384. The monoisotopic (exact) mass is 288 g/mol. The molecule has 1 aromatic heterocycles. The van der Waals surface area contributed by atoms with Crippen LogP contribution in [0.5, 0.6) is 0 Å². The molecule has 110 valence electrons. The molecule has 1 fully saturated rings. The molecule has 0 spiro atoms. The van der Waals surface area contributed by atoms with Gasteiger partial charge in [0.25, 0.3) is 5.69 Å².